The monoisotopic (exact) mass is 319 g/mol. The van der Waals surface area contributed by atoms with Crippen LogP contribution in [0.4, 0.5) is 4.79 Å². The Morgan fingerprint density at radius 3 is 2.68 bits per heavy atom. The van der Waals surface area contributed by atoms with Crippen molar-refractivity contribution in [1.29, 1.82) is 0 Å². The highest BCUT2D eigenvalue weighted by Gasteiger charge is 2.14. The summed E-state index contributed by atoms with van der Waals surface area (Å²) in [6.45, 7) is 4.56. The normalized spacial score (nSPS) is 13.4. The number of rotatable bonds is 6. The van der Waals surface area contributed by atoms with Gasteiger partial charge in [0.15, 0.2) is 5.82 Å². The molecular formula is C15H21N5OS. The quantitative estimate of drug-likeness (QED) is 0.802. The third kappa shape index (κ3) is 4.77. The first-order chi connectivity index (χ1) is 10.6. The van der Waals surface area contributed by atoms with E-state index in [1.165, 1.54) is 4.90 Å². The third-order valence-electron chi connectivity index (χ3n) is 3.11. The molecule has 2 rings (SSSR count). The minimum absolute atomic E-state index is 0.190. The van der Waals surface area contributed by atoms with Crippen molar-refractivity contribution in [2.75, 3.05) is 6.54 Å². The van der Waals surface area contributed by atoms with E-state index in [1.807, 2.05) is 32.2 Å². The first-order valence-corrected chi connectivity index (χ1v) is 8.04. The van der Waals surface area contributed by atoms with Crippen molar-refractivity contribution < 1.29 is 4.79 Å². The number of nitrogens with one attached hydrogen (secondary N) is 2. The summed E-state index contributed by atoms with van der Waals surface area (Å²) in [6, 6.07) is 9.76. The van der Waals surface area contributed by atoms with Crippen LogP contribution in [-0.2, 0) is 7.05 Å². The summed E-state index contributed by atoms with van der Waals surface area (Å²) >= 11 is 1.74. The van der Waals surface area contributed by atoms with Crippen LogP contribution in [-0.4, -0.2) is 32.6 Å². The van der Waals surface area contributed by atoms with Gasteiger partial charge in [0.2, 0.25) is 0 Å². The second kappa shape index (κ2) is 7.84. The number of hydrogen-bond donors (Lipinski definition) is 2. The second-order valence-electron chi connectivity index (χ2n) is 5.12. The van der Waals surface area contributed by atoms with Crippen LogP contribution in [0.3, 0.4) is 0 Å². The van der Waals surface area contributed by atoms with E-state index in [0.29, 0.717) is 11.8 Å². The van der Waals surface area contributed by atoms with E-state index in [0.717, 1.165) is 5.82 Å². The molecule has 2 aromatic rings. The molecule has 0 spiro atoms. The summed E-state index contributed by atoms with van der Waals surface area (Å²) in [5, 5.41) is 13.8. The average Bonchev–Trinajstić information content (AvgIpc) is 2.92. The van der Waals surface area contributed by atoms with E-state index >= 15 is 0 Å². The van der Waals surface area contributed by atoms with Crippen molar-refractivity contribution in [3.05, 3.63) is 42.5 Å². The van der Waals surface area contributed by atoms with Crippen molar-refractivity contribution in [2.45, 2.75) is 30.0 Å². The van der Waals surface area contributed by atoms with Gasteiger partial charge < -0.3 is 15.2 Å². The number of amides is 2. The van der Waals surface area contributed by atoms with Gasteiger partial charge in [-0.15, -0.1) is 22.0 Å². The molecule has 0 unspecified atom stereocenters. The topological polar surface area (TPSA) is 71.8 Å². The van der Waals surface area contributed by atoms with Crippen LogP contribution in [0.5, 0.6) is 0 Å². The lowest BCUT2D eigenvalue weighted by molar-refractivity contribution is 0.237. The number of benzene rings is 1. The standard InChI is InChI=1S/C15H21N5OS/c1-11(22-13-7-5-4-6-8-13)9-16-15(21)18-12(2)14-19-17-10-20(14)3/h4-8,10-12H,9H2,1-3H3,(H2,16,18,21)/t11-,12+/m0/s1. The van der Waals surface area contributed by atoms with E-state index in [4.69, 9.17) is 0 Å². The minimum Gasteiger partial charge on any atom is -0.337 e. The maximum atomic E-state index is 11.9. The van der Waals surface area contributed by atoms with Gasteiger partial charge in [0.25, 0.3) is 0 Å². The summed E-state index contributed by atoms with van der Waals surface area (Å²) < 4.78 is 1.79. The van der Waals surface area contributed by atoms with Gasteiger partial charge in [0.1, 0.15) is 6.33 Å². The van der Waals surface area contributed by atoms with Gasteiger partial charge in [-0.25, -0.2) is 4.79 Å². The van der Waals surface area contributed by atoms with Gasteiger partial charge in [-0.3, -0.25) is 0 Å². The highest BCUT2D eigenvalue weighted by Crippen LogP contribution is 2.21. The number of hydrogen-bond acceptors (Lipinski definition) is 4. The zero-order valence-corrected chi connectivity index (χ0v) is 13.8. The SMILES string of the molecule is C[C@@H](CNC(=O)N[C@H](C)c1nncn1C)Sc1ccccc1. The first kappa shape index (κ1) is 16.4. The van der Waals surface area contributed by atoms with Crippen LogP contribution >= 0.6 is 11.8 Å². The summed E-state index contributed by atoms with van der Waals surface area (Å²) in [5.41, 5.74) is 0. The molecule has 22 heavy (non-hydrogen) atoms. The van der Waals surface area contributed by atoms with Crippen LogP contribution in [0.25, 0.3) is 0 Å². The number of carbonyl (C=O) groups excluding carboxylic acids is 1. The van der Waals surface area contributed by atoms with Gasteiger partial charge in [-0.2, -0.15) is 0 Å². The molecule has 0 aliphatic carbocycles. The Kier molecular flexibility index (Phi) is 5.83. The molecule has 0 radical (unpaired) electrons. The lowest BCUT2D eigenvalue weighted by Gasteiger charge is -2.16. The predicted molar refractivity (Wildman–Crippen MR) is 87.7 cm³/mol. The maximum Gasteiger partial charge on any atom is 0.315 e. The van der Waals surface area contributed by atoms with E-state index in [-0.39, 0.29) is 12.1 Å². The van der Waals surface area contributed by atoms with Gasteiger partial charge >= 0.3 is 6.03 Å². The number of nitrogens with zero attached hydrogens (tertiary/aromatic N) is 3. The van der Waals surface area contributed by atoms with Crippen molar-refractivity contribution in [1.82, 2.24) is 25.4 Å². The van der Waals surface area contributed by atoms with Gasteiger partial charge in [0.05, 0.1) is 6.04 Å². The second-order valence-corrected chi connectivity index (χ2v) is 6.63. The molecule has 118 valence electrons. The molecule has 2 N–H and O–H groups in total. The maximum absolute atomic E-state index is 11.9. The predicted octanol–water partition coefficient (Wildman–Crippen LogP) is 2.36. The Hall–Kier alpha value is -2.02. The Balaban J connectivity index is 1.74. The van der Waals surface area contributed by atoms with Crippen molar-refractivity contribution in [3.63, 3.8) is 0 Å². The van der Waals surface area contributed by atoms with Crippen LogP contribution in [0.15, 0.2) is 41.6 Å². The molecule has 0 saturated carbocycles. The highest BCUT2D eigenvalue weighted by molar-refractivity contribution is 8.00. The fraction of sp³-hybridized carbons (Fsp3) is 0.400. The zero-order valence-electron chi connectivity index (χ0n) is 13.0. The average molecular weight is 319 g/mol. The van der Waals surface area contributed by atoms with Crippen molar-refractivity contribution in [3.8, 4) is 0 Å². The Labute approximate surface area is 134 Å². The summed E-state index contributed by atoms with van der Waals surface area (Å²) in [7, 11) is 1.85. The number of aryl methyl sites for hydroxylation is 1. The zero-order chi connectivity index (χ0) is 15.9. The van der Waals surface area contributed by atoms with Gasteiger partial charge in [0, 0.05) is 23.7 Å². The Morgan fingerprint density at radius 2 is 2.05 bits per heavy atom. The molecule has 0 aliphatic rings. The molecule has 1 heterocycles. The summed E-state index contributed by atoms with van der Waals surface area (Å²) in [5.74, 6) is 0.724. The van der Waals surface area contributed by atoms with E-state index in [9.17, 15) is 4.79 Å². The molecule has 2 amide bonds. The molecule has 0 saturated heterocycles. The molecule has 0 fully saturated rings. The molecule has 1 aromatic carbocycles. The molecule has 2 atom stereocenters. The van der Waals surface area contributed by atoms with Crippen LogP contribution in [0.1, 0.15) is 25.7 Å². The molecule has 7 heteroatoms. The lowest BCUT2D eigenvalue weighted by atomic mass is 10.3. The number of carbonyl (C=O) groups is 1. The third-order valence-corrected chi connectivity index (χ3v) is 4.23. The first-order valence-electron chi connectivity index (χ1n) is 7.16. The number of aromatic nitrogens is 3. The van der Waals surface area contributed by atoms with Gasteiger partial charge in [-0.05, 0) is 19.1 Å². The highest BCUT2D eigenvalue weighted by atomic mass is 32.2. The number of urea groups is 1. The van der Waals surface area contributed by atoms with Crippen LogP contribution in [0.2, 0.25) is 0 Å². The number of thioether (sulfide) groups is 1. The largest absolute Gasteiger partial charge is 0.337 e. The Morgan fingerprint density at radius 1 is 1.32 bits per heavy atom. The summed E-state index contributed by atoms with van der Waals surface area (Å²) in [4.78, 5) is 13.1. The van der Waals surface area contributed by atoms with E-state index in [2.05, 4.69) is 39.9 Å². The van der Waals surface area contributed by atoms with E-state index < -0.39 is 0 Å². The molecule has 6 nitrogen and oxygen atoms in total. The minimum atomic E-state index is -0.198. The van der Waals surface area contributed by atoms with E-state index in [1.54, 1.807) is 22.7 Å². The van der Waals surface area contributed by atoms with Crippen LogP contribution in [0, 0.1) is 0 Å². The Bertz CT molecular complexity index is 601. The molecular weight excluding hydrogens is 298 g/mol. The fourth-order valence-electron chi connectivity index (χ4n) is 2.01. The van der Waals surface area contributed by atoms with Gasteiger partial charge in [-0.1, -0.05) is 25.1 Å². The van der Waals surface area contributed by atoms with Crippen LogP contribution < -0.4 is 10.6 Å². The fourth-order valence-corrected chi connectivity index (χ4v) is 2.95. The van der Waals surface area contributed by atoms with Crippen molar-refractivity contribution >= 4 is 17.8 Å². The molecule has 0 aliphatic heterocycles. The summed E-state index contributed by atoms with van der Waals surface area (Å²) in [6.07, 6.45) is 1.62. The molecule has 1 aromatic heterocycles. The van der Waals surface area contributed by atoms with Crippen molar-refractivity contribution in [2.24, 2.45) is 7.05 Å². The molecule has 0 bridgehead atoms. The lowest BCUT2D eigenvalue weighted by Crippen LogP contribution is -2.40. The smallest absolute Gasteiger partial charge is 0.315 e.